The minimum Gasteiger partial charge on any atom is -0.344 e. The van der Waals surface area contributed by atoms with Crippen molar-refractivity contribution in [3.05, 3.63) is 52.2 Å². The van der Waals surface area contributed by atoms with Gasteiger partial charge in [0.05, 0.1) is 22.4 Å². The van der Waals surface area contributed by atoms with Crippen LogP contribution in [0.1, 0.15) is 29.2 Å². The summed E-state index contributed by atoms with van der Waals surface area (Å²) in [7, 11) is -2.55. The summed E-state index contributed by atoms with van der Waals surface area (Å²) in [4.78, 5) is 8.74. The Bertz CT molecular complexity index is 997. The van der Waals surface area contributed by atoms with Gasteiger partial charge in [-0.2, -0.15) is 13.4 Å². The van der Waals surface area contributed by atoms with Gasteiger partial charge in [0.15, 0.2) is 6.33 Å². The highest BCUT2D eigenvalue weighted by Gasteiger charge is 2.18. The van der Waals surface area contributed by atoms with Crippen LogP contribution in [0.3, 0.4) is 0 Å². The number of aromatic nitrogens is 4. The Morgan fingerprint density at radius 3 is 2.63 bits per heavy atom. The van der Waals surface area contributed by atoms with Crippen LogP contribution in [-0.4, -0.2) is 32.7 Å². The summed E-state index contributed by atoms with van der Waals surface area (Å²) in [5.74, 6) is 0.457. The maximum absolute atomic E-state index is 10.9. The Labute approximate surface area is 161 Å². The highest BCUT2D eigenvalue weighted by Crippen LogP contribution is 2.25. The standard InChI is InChI=1S/C16H19N6O3S2/c1-3-15-18-14(9-26-15)13(19-16-17-10-22(2)20-16)8-11-4-6-12(7-5-11)21-27(23,24)25/h4-7,9,13,21H,3,8H2,1-2H3,(H,19,20)(H,23,24,25). The zero-order valence-electron chi connectivity index (χ0n) is 14.7. The topological polar surface area (TPSA) is 122 Å². The second-order valence-corrected chi connectivity index (χ2v) is 7.95. The summed E-state index contributed by atoms with van der Waals surface area (Å²) < 4.78 is 34.2. The number of benzene rings is 1. The summed E-state index contributed by atoms with van der Waals surface area (Å²) in [6.45, 7) is 2.06. The third-order valence-corrected chi connectivity index (χ3v) is 5.22. The second-order valence-electron chi connectivity index (χ2n) is 5.85. The van der Waals surface area contributed by atoms with Gasteiger partial charge >= 0.3 is 10.3 Å². The lowest BCUT2D eigenvalue weighted by molar-refractivity contribution is 0.489. The number of rotatable bonds is 8. The van der Waals surface area contributed by atoms with Crippen LogP contribution >= 0.6 is 11.3 Å². The molecule has 0 aliphatic heterocycles. The Morgan fingerprint density at radius 1 is 1.33 bits per heavy atom. The molecule has 9 nitrogen and oxygen atoms in total. The van der Waals surface area contributed by atoms with Crippen molar-refractivity contribution in [2.45, 2.75) is 25.8 Å². The van der Waals surface area contributed by atoms with Crippen molar-refractivity contribution in [3.63, 3.8) is 0 Å². The molecule has 2 heterocycles. The van der Waals surface area contributed by atoms with Crippen LogP contribution in [0.25, 0.3) is 0 Å². The molecule has 1 aromatic carbocycles. The molecular weight excluding hydrogens is 388 g/mol. The summed E-state index contributed by atoms with van der Waals surface area (Å²) in [6.07, 6.45) is 4.18. The van der Waals surface area contributed by atoms with Crippen LogP contribution in [0.2, 0.25) is 0 Å². The van der Waals surface area contributed by atoms with Crippen molar-refractivity contribution in [1.29, 1.82) is 0 Å². The molecule has 11 heteroatoms. The van der Waals surface area contributed by atoms with Gasteiger partial charge in [0.25, 0.3) is 0 Å². The lowest BCUT2D eigenvalue weighted by Crippen LogP contribution is -2.16. The molecule has 1 unspecified atom stereocenters. The van der Waals surface area contributed by atoms with Gasteiger partial charge < -0.3 is 5.32 Å². The molecule has 0 fully saturated rings. The first-order valence-electron chi connectivity index (χ1n) is 8.16. The number of thiazole rings is 1. The lowest BCUT2D eigenvalue weighted by atomic mass is 10.0. The van der Waals surface area contributed by atoms with E-state index in [4.69, 9.17) is 4.55 Å². The molecule has 0 aliphatic carbocycles. The van der Waals surface area contributed by atoms with E-state index >= 15 is 0 Å². The maximum Gasteiger partial charge on any atom is 0.357 e. The number of hydrogen-bond donors (Lipinski definition) is 3. The third kappa shape index (κ3) is 5.49. The van der Waals surface area contributed by atoms with Gasteiger partial charge in [0.2, 0.25) is 5.95 Å². The van der Waals surface area contributed by atoms with E-state index in [1.807, 2.05) is 10.1 Å². The first-order chi connectivity index (χ1) is 12.8. The highest BCUT2D eigenvalue weighted by atomic mass is 32.2. The van der Waals surface area contributed by atoms with Crippen LogP contribution in [-0.2, 0) is 30.2 Å². The number of aryl methyl sites for hydroxylation is 2. The fourth-order valence-corrected chi connectivity index (χ4v) is 3.73. The van der Waals surface area contributed by atoms with Crippen molar-refractivity contribution >= 4 is 33.3 Å². The normalized spacial score (nSPS) is 12.7. The average molecular weight is 408 g/mol. The largest absolute Gasteiger partial charge is 0.357 e. The van der Waals surface area contributed by atoms with E-state index < -0.39 is 10.3 Å². The van der Waals surface area contributed by atoms with E-state index in [1.165, 1.54) is 4.68 Å². The zero-order chi connectivity index (χ0) is 19.4. The number of hydrogen-bond acceptors (Lipinski definition) is 7. The van der Waals surface area contributed by atoms with E-state index in [1.54, 1.807) is 42.6 Å². The van der Waals surface area contributed by atoms with Crippen LogP contribution in [0.4, 0.5) is 11.6 Å². The Morgan fingerprint density at radius 2 is 2.07 bits per heavy atom. The molecule has 143 valence electrons. The molecule has 1 atom stereocenters. The van der Waals surface area contributed by atoms with Crippen LogP contribution in [0.15, 0.2) is 29.6 Å². The van der Waals surface area contributed by atoms with E-state index in [9.17, 15) is 8.42 Å². The maximum atomic E-state index is 10.9. The van der Waals surface area contributed by atoms with Crippen molar-refractivity contribution < 1.29 is 13.0 Å². The fourth-order valence-electron chi connectivity index (χ4n) is 2.49. The van der Waals surface area contributed by atoms with E-state index in [0.29, 0.717) is 12.4 Å². The lowest BCUT2D eigenvalue weighted by Gasteiger charge is -2.16. The van der Waals surface area contributed by atoms with E-state index in [0.717, 1.165) is 22.7 Å². The molecule has 3 N–H and O–H groups in total. The van der Waals surface area contributed by atoms with Gasteiger partial charge in [0, 0.05) is 12.4 Å². The molecule has 3 rings (SSSR count). The van der Waals surface area contributed by atoms with Crippen LogP contribution in [0, 0.1) is 6.33 Å². The van der Waals surface area contributed by atoms with Gasteiger partial charge in [-0.25, -0.2) is 9.67 Å². The average Bonchev–Trinajstić information content (AvgIpc) is 3.23. The van der Waals surface area contributed by atoms with E-state index in [-0.39, 0.29) is 11.7 Å². The smallest absolute Gasteiger partial charge is 0.344 e. The number of anilines is 2. The first kappa shape index (κ1) is 19.3. The molecule has 27 heavy (non-hydrogen) atoms. The SMILES string of the molecule is CCc1nc(C(Cc2ccc(NS(=O)(=O)O)cc2)Nc2n[c]n(C)n2)cs1. The predicted octanol–water partition coefficient (Wildman–Crippen LogP) is 2.24. The number of nitrogens with one attached hydrogen (secondary N) is 2. The van der Waals surface area contributed by atoms with Crippen molar-refractivity contribution in [1.82, 2.24) is 19.7 Å². The fraction of sp³-hybridized carbons (Fsp3) is 0.312. The van der Waals surface area contributed by atoms with Crippen molar-refractivity contribution in [3.8, 4) is 0 Å². The minimum atomic E-state index is -4.29. The molecule has 0 bridgehead atoms. The first-order valence-corrected chi connectivity index (χ1v) is 10.5. The van der Waals surface area contributed by atoms with Gasteiger partial charge in [-0.1, -0.05) is 19.1 Å². The Kier molecular flexibility index (Phi) is 5.73. The number of nitrogens with zero attached hydrogens (tertiary/aromatic N) is 4. The van der Waals surface area contributed by atoms with Gasteiger partial charge in [-0.15, -0.1) is 16.4 Å². The van der Waals surface area contributed by atoms with Gasteiger partial charge in [-0.05, 0) is 30.5 Å². The summed E-state index contributed by atoms with van der Waals surface area (Å²) >= 11 is 1.60. The molecule has 0 amide bonds. The monoisotopic (exact) mass is 407 g/mol. The summed E-state index contributed by atoms with van der Waals surface area (Å²) in [5, 5.41) is 10.5. The molecule has 0 spiro atoms. The molecule has 0 saturated heterocycles. The highest BCUT2D eigenvalue weighted by molar-refractivity contribution is 7.87. The predicted molar refractivity (Wildman–Crippen MR) is 103 cm³/mol. The molecular formula is C16H19N6O3S2. The van der Waals surface area contributed by atoms with E-state index in [2.05, 4.69) is 33.6 Å². The second kappa shape index (κ2) is 8.03. The van der Waals surface area contributed by atoms with Crippen molar-refractivity contribution in [2.75, 3.05) is 10.0 Å². The molecule has 0 aliphatic rings. The van der Waals surface area contributed by atoms with Crippen molar-refractivity contribution in [2.24, 2.45) is 7.05 Å². The minimum absolute atomic E-state index is 0.155. The zero-order valence-corrected chi connectivity index (χ0v) is 16.4. The van der Waals surface area contributed by atoms with Gasteiger partial charge in [0.1, 0.15) is 0 Å². The van der Waals surface area contributed by atoms with Crippen LogP contribution < -0.4 is 10.0 Å². The third-order valence-electron chi connectivity index (χ3n) is 3.72. The quantitative estimate of drug-likeness (QED) is 0.490. The molecule has 1 radical (unpaired) electrons. The molecule has 2 aromatic heterocycles. The summed E-state index contributed by atoms with van der Waals surface area (Å²) in [5.41, 5.74) is 2.14. The Hall–Kier alpha value is -2.50. The Balaban J connectivity index is 1.80. The molecule has 3 aromatic rings. The van der Waals surface area contributed by atoms with Gasteiger partial charge in [-0.3, -0.25) is 9.27 Å². The molecule has 0 saturated carbocycles. The summed E-state index contributed by atoms with van der Waals surface area (Å²) in [6, 6.07) is 6.59. The van der Waals surface area contributed by atoms with Crippen LogP contribution in [0.5, 0.6) is 0 Å².